The van der Waals surface area contributed by atoms with Crippen molar-refractivity contribution in [2.24, 2.45) is 5.92 Å². The average Bonchev–Trinajstić information content (AvgIpc) is 2.33. The molecule has 0 heterocycles. The summed E-state index contributed by atoms with van der Waals surface area (Å²) in [6.45, 7) is 8.59. The van der Waals surface area contributed by atoms with Crippen LogP contribution >= 0.6 is 0 Å². The molecule has 1 aromatic carbocycles. The minimum absolute atomic E-state index is 0.121. The Morgan fingerprint density at radius 3 is 2.05 bits per heavy atom. The highest BCUT2D eigenvalue weighted by Crippen LogP contribution is 2.25. The van der Waals surface area contributed by atoms with E-state index in [1.165, 1.54) is 6.92 Å². The Morgan fingerprint density at radius 1 is 1.20 bits per heavy atom. The molecule has 0 saturated heterocycles. The quantitative estimate of drug-likeness (QED) is 0.870. The van der Waals surface area contributed by atoms with E-state index in [1.807, 2.05) is 19.9 Å². The Bertz CT molecular complexity index is 609. The molecule has 1 atom stereocenters. The van der Waals surface area contributed by atoms with Crippen LogP contribution in [0.4, 0.5) is 0 Å². The molecule has 6 heteroatoms. The van der Waals surface area contributed by atoms with Crippen molar-refractivity contribution in [3.8, 4) is 0 Å². The summed E-state index contributed by atoms with van der Waals surface area (Å²) in [4.78, 5) is 11.0. The van der Waals surface area contributed by atoms with E-state index in [0.29, 0.717) is 11.1 Å². The minimum Gasteiger partial charge on any atom is -0.481 e. The molecule has 0 bridgehead atoms. The van der Waals surface area contributed by atoms with Crippen LogP contribution in [0.1, 0.15) is 29.2 Å². The molecule has 20 heavy (non-hydrogen) atoms. The van der Waals surface area contributed by atoms with Crippen LogP contribution in [0.15, 0.2) is 11.0 Å². The van der Waals surface area contributed by atoms with Crippen LogP contribution in [-0.2, 0) is 14.8 Å². The molecule has 0 aliphatic rings. The number of hydrogen-bond acceptors (Lipinski definition) is 3. The van der Waals surface area contributed by atoms with E-state index >= 15 is 0 Å². The fraction of sp³-hybridized carbons (Fsp3) is 0.500. The molecule has 0 fully saturated rings. The second-order valence-corrected chi connectivity index (χ2v) is 6.88. The van der Waals surface area contributed by atoms with Crippen molar-refractivity contribution in [3.05, 3.63) is 28.3 Å². The smallest absolute Gasteiger partial charge is 0.307 e. The number of nitrogens with one attached hydrogen (secondary N) is 1. The molecule has 0 spiro atoms. The lowest BCUT2D eigenvalue weighted by Gasteiger charge is -2.17. The Balaban J connectivity index is 3.20. The molecule has 0 aliphatic heterocycles. The molecule has 0 radical (unpaired) electrons. The van der Waals surface area contributed by atoms with E-state index in [-0.39, 0.29) is 11.4 Å². The zero-order chi connectivity index (χ0) is 15.7. The number of carboxylic acids is 1. The lowest BCUT2D eigenvalue weighted by atomic mass is 10.0. The van der Waals surface area contributed by atoms with Gasteiger partial charge in [0.2, 0.25) is 10.0 Å². The summed E-state index contributed by atoms with van der Waals surface area (Å²) < 4.78 is 27.2. The first-order chi connectivity index (χ1) is 9.08. The van der Waals surface area contributed by atoms with E-state index in [4.69, 9.17) is 5.11 Å². The second kappa shape index (κ2) is 5.93. The predicted octanol–water partition coefficient (Wildman–Crippen LogP) is 1.92. The van der Waals surface area contributed by atoms with E-state index in [1.54, 1.807) is 13.8 Å². The molecule has 0 amide bonds. The zero-order valence-corrected chi connectivity index (χ0v) is 13.3. The molecule has 5 nitrogen and oxygen atoms in total. The van der Waals surface area contributed by atoms with Gasteiger partial charge < -0.3 is 5.11 Å². The topological polar surface area (TPSA) is 83.5 Å². The normalized spacial score (nSPS) is 13.2. The van der Waals surface area contributed by atoms with Gasteiger partial charge in [-0.1, -0.05) is 13.0 Å². The van der Waals surface area contributed by atoms with Gasteiger partial charge in [0.15, 0.2) is 0 Å². The SMILES string of the molecule is Cc1cc(C)c(C)c(S(=O)(=O)NCC(C)C(=O)O)c1C. The Kier molecular flexibility index (Phi) is 4.94. The minimum atomic E-state index is -3.71. The number of benzene rings is 1. The summed E-state index contributed by atoms with van der Waals surface area (Å²) in [7, 11) is -3.71. The van der Waals surface area contributed by atoms with Crippen molar-refractivity contribution >= 4 is 16.0 Å². The van der Waals surface area contributed by atoms with Crippen LogP contribution in [0.3, 0.4) is 0 Å². The van der Waals surface area contributed by atoms with Crippen LogP contribution in [0, 0.1) is 33.6 Å². The average molecular weight is 299 g/mol. The lowest BCUT2D eigenvalue weighted by molar-refractivity contribution is -0.140. The summed E-state index contributed by atoms with van der Waals surface area (Å²) in [5.74, 6) is -1.79. The van der Waals surface area contributed by atoms with Crippen LogP contribution in [0.2, 0.25) is 0 Å². The van der Waals surface area contributed by atoms with E-state index in [2.05, 4.69) is 4.72 Å². The van der Waals surface area contributed by atoms with E-state index in [9.17, 15) is 13.2 Å². The van der Waals surface area contributed by atoms with Gasteiger partial charge in [0.1, 0.15) is 0 Å². The van der Waals surface area contributed by atoms with Gasteiger partial charge in [0.25, 0.3) is 0 Å². The molecule has 112 valence electrons. The summed E-state index contributed by atoms with van der Waals surface area (Å²) in [6, 6.07) is 1.95. The van der Waals surface area contributed by atoms with Gasteiger partial charge in [-0.15, -0.1) is 0 Å². The monoisotopic (exact) mass is 299 g/mol. The number of sulfonamides is 1. The summed E-state index contributed by atoms with van der Waals surface area (Å²) >= 11 is 0. The van der Waals surface area contributed by atoms with Crippen molar-refractivity contribution in [3.63, 3.8) is 0 Å². The van der Waals surface area contributed by atoms with Crippen molar-refractivity contribution in [2.75, 3.05) is 6.54 Å². The number of aliphatic carboxylic acids is 1. The van der Waals surface area contributed by atoms with Crippen LogP contribution in [-0.4, -0.2) is 26.0 Å². The first-order valence-corrected chi connectivity index (χ1v) is 7.86. The van der Waals surface area contributed by atoms with Gasteiger partial charge in [-0.2, -0.15) is 0 Å². The fourth-order valence-corrected chi connectivity index (χ4v) is 3.72. The first-order valence-electron chi connectivity index (χ1n) is 6.37. The molecule has 1 unspecified atom stereocenters. The summed E-state index contributed by atoms with van der Waals surface area (Å²) in [6.07, 6.45) is 0. The Morgan fingerprint density at radius 2 is 1.65 bits per heavy atom. The maximum atomic E-state index is 12.4. The van der Waals surface area contributed by atoms with Crippen molar-refractivity contribution < 1.29 is 18.3 Å². The molecule has 0 saturated carbocycles. The predicted molar refractivity (Wildman–Crippen MR) is 77.4 cm³/mol. The fourth-order valence-electron chi connectivity index (χ4n) is 1.98. The molecular formula is C14H21NO4S. The van der Waals surface area contributed by atoms with Gasteiger partial charge in [-0.3, -0.25) is 4.79 Å². The third kappa shape index (κ3) is 3.37. The number of hydrogen-bond donors (Lipinski definition) is 2. The molecule has 2 N–H and O–H groups in total. The van der Waals surface area contributed by atoms with Crippen LogP contribution in [0.5, 0.6) is 0 Å². The lowest BCUT2D eigenvalue weighted by Crippen LogP contribution is -2.32. The number of carboxylic acid groups (broad SMARTS) is 1. The molecule has 0 aromatic heterocycles. The summed E-state index contributed by atoms with van der Waals surface area (Å²) in [5, 5.41) is 8.81. The molecule has 1 aromatic rings. The zero-order valence-electron chi connectivity index (χ0n) is 12.4. The third-order valence-electron chi connectivity index (χ3n) is 3.57. The van der Waals surface area contributed by atoms with Crippen molar-refractivity contribution in [1.82, 2.24) is 4.72 Å². The van der Waals surface area contributed by atoms with E-state index in [0.717, 1.165) is 11.1 Å². The van der Waals surface area contributed by atoms with Gasteiger partial charge in [0, 0.05) is 6.54 Å². The molecule has 0 aliphatic carbocycles. The standard InChI is InChI=1S/C14H21NO4S/c1-8-6-9(2)12(5)13(11(8)4)20(18,19)15-7-10(3)14(16)17/h6,10,15H,7H2,1-5H3,(H,16,17). The highest BCUT2D eigenvalue weighted by atomic mass is 32.2. The second-order valence-electron chi connectivity index (χ2n) is 5.18. The Hall–Kier alpha value is -1.40. The largest absolute Gasteiger partial charge is 0.481 e. The Labute approximate surface area is 120 Å². The van der Waals surface area contributed by atoms with Gasteiger partial charge in [-0.05, 0) is 49.9 Å². The maximum Gasteiger partial charge on any atom is 0.307 e. The summed E-state index contributed by atoms with van der Waals surface area (Å²) in [5.41, 5.74) is 3.20. The number of aryl methyl sites for hydroxylation is 2. The van der Waals surface area contributed by atoms with Gasteiger partial charge in [-0.25, -0.2) is 13.1 Å². The molecule has 1 rings (SSSR count). The number of rotatable bonds is 5. The van der Waals surface area contributed by atoms with Crippen molar-refractivity contribution in [1.29, 1.82) is 0 Å². The van der Waals surface area contributed by atoms with Gasteiger partial charge in [0.05, 0.1) is 10.8 Å². The highest BCUT2D eigenvalue weighted by molar-refractivity contribution is 7.89. The van der Waals surface area contributed by atoms with Crippen LogP contribution in [0.25, 0.3) is 0 Å². The first kappa shape index (κ1) is 16.7. The van der Waals surface area contributed by atoms with Gasteiger partial charge >= 0.3 is 5.97 Å². The third-order valence-corrected chi connectivity index (χ3v) is 5.26. The van der Waals surface area contributed by atoms with Crippen LogP contribution < -0.4 is 4.72 Å². The highest BCUT2D eigenvalue weighted by Gasteiger charge is 2.23. The van der Waals surface area contributed by atoms with Crippen molar-refractivity contribution in [2.45, 2.75) is 39.5 Å². The molecular weight excluding hydrogens is 278 g/mol. The maximum absolute atomic E-state index is 12.4. The van der Waals surface area contributed by atoms with E-state index < -0.39 is 21.9 Å². The number of carbonyl (C=O) groups is 1.